The summed E-state index contributed by atoms with van der Waals surface area (Å²) in [6.45, 7) is 8.78. The van der Waals surface area contributed by atoms with Gasteiger partial charge >= 0.3 is 0 Å². The minimum atomic E-state index is 0.202. The molecule has 3 aromatic heterocycles. The summed E-state index contributed by atoms with van der Waals surface area (Å²) in [5.41, 5.74) is 10.9. The zero-order chi connectivity index (χ0) is 28.1. The number of oxazole rings is 2. The Balaban J connectivity index is 1.23. The lowest BCUT2D eigenvalue weighted by molar-refractivity contribution is 0.621. The van der Waals surface area contributed by atoms with Gasteiger partial charge in [-0.2, -0.15) is 0 Å². The van der Waals surface area contributed by atoms with Crippen LogP contribution in [0.25, 0.3) is 43.7 Å². The van der Waals surface area contributed by atoms with Crippen LogP contribution in [0.2, 0.25) is 0 Å². The zero-order valence-corrected chi connectivity index (χ0v) is 24.3. The second kappa shape index (κ2) is 10.2. The summed E-state index contributed by atoms with van der Waals surface area (Å²) in [4.78, 5) is 11.9. The van der Waals surface area contributed by atoms with Crippen molar-refractivity contribution in [3.63, 3.8) is 0 Å². The summed E-state index contributed by atoms with van der Waals surface area (Å²) in [5.74, 6) is 1.64. The Morgan fingerprint density at radius 3 is 1.37 bits per heavy atom. The highest BCUT2D eigenvalue weighted by Crippen LogP contribution is 2.40. The SMILES string of the molecule is Cc1ccccc1C(C)c1cccc2oc(-c3ccc(-c4nc5c(C(C)c6ccccc6C)cccc5o4)s3)nc12. The maximum atomic E-state index is 6.28. The standard InChI is InChI=1S/C36H30N2O2S/c1-21-11-5-7-13-25(21)23(3)27-15-9-17-29-33(27)37-35(39-29)31-19-20-32(41-31)36-38-34-28(16-10-18-30(34)40-36)24(4)26-14-8-6-12-22(26)2/h5-20,23-24H,1-4H3. The van der Waals surface area contributed by atoms with E-state index in [1.165, 1.54) is 22.3 Å². The van der Waals surface area contributed by atoms with Gasteiger partial charge in [0.05, 0.1) is 9.75 Å². The molecule has 0 aliphatic heterocycles. The highest BCUT2D eigenvalue weighted by molar-refractivity contribution is 7.18. The van der Waals surface area contributed by atoms with Crippen LogP contribution in [-0.2, 0) is 0 Å². The minimum absolute atomic E-state index is 0.202. The van der Waals surface area contributed by atoms with Crippen molar-refractivity contribution >= 4 is 33.5 Å². The van der Waals surface area contributed by atoms with Crippen LogP contribution in [-0.4, -0.2) is 9.97 Å². The molecule has 0 saturated carbocycles. The number of para-hydroxylation sites is 2. The van der Waals surface area contributed by atoms with Crippen LogP contribution in [0.5, 0.6) is 0 Å². The Labute approximate surface area is 243 Å². The molecule has 3 heterocycles. The third kappa shape index (κ3) is 4.47. The van der Waals surface area contributed by atoms with Crippen LogP contribution in [0.3, 0.4) is 0 Å². The van der Waals surface area contributed by atoms with Crippen molar-refractivity contribution in [1.29, 1.82) is 0 Å². The number of nitrogens with zero attached hydrogens (tertiary/aromatic N) is 2. The van der Waals surface area contributed by atoms with Crippen molar-refractivity contribution in [2.45, 2.75) is 39.5 Å². The van der Waals surface area contributed by atoms with E-state index in [9.17, 15) is 0 Å². The minimum Gasteiger partial charge on any atom is -0.435 e. The van der Waals surface area contributed by atoms with Crippen LogP contribution >= 0.6 is 11.3 Å². The van der Waals surface area contributed by atoms with E-state index >= 15 is 0 Å². The average Bonchev–Trinajstić information content (AvgIpc) is 3.74. The van der Waals surface area contributed by atoms with Crippen molar-refractivity contribution in [2.24, 2.45) is 0 Å². The fraction of sp³-hybridized carbons (Fsp3) is 0.167. The maximum Gasteiger partial charge on any atom is 0.237 e. The second-order valence-electron chi connectivity index (χ2n) is 10.7. The summed E-state index contributed by atoms with van der Waals surface area (Å²) >= 11 is 1.58. The summed E-state index contributed by atoms with van der Waals surface area (Å²) < 4.78 is 12.6. The van der Waals surface area contributed by atoms with Gasteiger partial charge in [0, 0.05) is 11.8 Å². The van der Waals surface area contributed by atoms with Gasteiger partial charge < -0.3 is 8.83 Å². The molecule has 0 saturated heterocycles. The van der Waals surface area contributed by atoms with Gasteiger partial charge in [0.25, 0.3) is 0 Å². The largest absolute Gasteiger partial charge is 0.435 e. The molecular weight excluding hydrogens is 524 g/mol. The average molecular weight is 555 g/mol. The number of fused-ring (bicyclic) bond motifs is 2. The van der Waals surface area contributed by atoms with Gasteiger partial charge in [-0.3, -0.25) is 0 Å². The van der Waals surface area contributed by atoms with E-state index in [1.807, 2.05) is 24.3 Å². The molecule has 0 bridgehead atoms. The van der Waals surface area contributed by atoms with Crippen molar-refractivity contribution in [3.8, 4) is 21.5 Å². The van der Waals surface area contributed by atoms with E-state index in [1.54, 1.807) is 11.3 Å². The molecule has 0 aliphatic carbocycles. The lowest BCUT2D eigenvalue weighted by atomic mass is 9.89. The van der Waals surface area contributed by atoms with E-state index in [0.29, 0.717) is 11.8 Å². The first kappa shape index (κ1) is 25.5. The molecule has 0 aliphatic rings. The molecule has 7 aromatic rings. The lowest BCUT2D eigenvalue weighted by Gasteiger charge is -2.15. The fourth-order valence-corrected chi connectivity index (χ4v) is 6.76. The molecule has 5 heteroatoms. The van der Waals surface area contributed by atoms with Gasteiger partial charge in [-0.1, -0.05) is 86.6 Å². The predicted octanol–water partition coefficient (Wildman–Crippen LogP) is 10.3. The number of benzene rings is 4. The quantitative estimate of drug-likeness (QED) is 0.205. The van der Waals surface area contributed by atoms with E-state index in [0.717, 1.165) is 43.1 Å². The first-order valence-electron chi connectivity index (χ1n) is 14.0. The van der Waals surface area contributed by atoms with Crippen LogP contribution in [0, 0.1) is 13.8 Å². The molecule has 4 nitrogen and oxygen atoms in total. The number of aryl methyl sites for hydroxylation is 2. The second-order valence-corrected chi connectivity index (χ2v) is 11.8. The maximum absolute atomic E-state index is 6.28. The summed E-state index contributed by atoms with van der Waals surface area (Å²) in [6, 6.07) is 33.5. The van der Waals surface area contributed by atoms with E-state index < -0.39 is 0 Å². The van der Waals surface area contributed by atoms with Crippen molar-refractivity contribution < 1.29 is 8.83 Å². The highest BCUT2D eigenvalue weighted by Gasteiger charge is 2.21. The van der Waals surface area contributed by atoms with Gasteiger partial charge in [-0.05, 0) is 71.5 Å². The predicted molar refractivity (Wildman–Crippen MR) is 168 cm³/mol. The van der Waals surface area contributed by atoms with Crippen LogP contribution in [0.15, 0.2) is 106 Å². The number of hydrogen-bond donors (Lipinski definition) is 0. The Kier molecular flexibility index (Phi) is 6.32. The van der Waals surface area contributed by atoms with Crippen molar-refractivity contribution in [2.75, 3.05) is 0 Å². The van der Waals surface area contributed by atoms with E-state index in [-0.39, 0.29) is 11.8 Å². The Morgan fingerprint density at radius 2 is 0.927 bits per heavy atom. The molecule has 2 atom stereocenters. The van der Waals surface area contributed by atoms with Gasteiger partial charge in [0.2, 0.25) is 11.8 Å². The lowest BCUT2D eigenvalue weighted by Crippen LogP contribution is -1.99. The fourth-order valence-electron chi connectivity index (χ4n) is 5.90. The molecule has 0 spiro atoms. The summed E-state index contributed by atoms with van der Waals surface area (Å²) in [6.07, 6.45) is 0. The Hall–Kier alpha value is -4.48. The number of rotatable bonds is 6. The molecule has 41 heavy (non-hydrogen) atoms. The molecule has 2 unspecified atom stereocenters. The highest BCUT2D eigenvalue weighted by atomic mass is 32.1. The number of aromatic nitrogens is 2. The number of thiophene rings is 1. The Morgan fingerprint density at radius 1 is 0.512 bits per heavy atom. The Bertz CT molecular complexity index is 1880. The third-order valence-electron chi connectivity index (χ3n) is 8.17. The molecule has 0 N–H and O–H groups in total. The smallest absolute Gasteiger partial charge is 0.237 e. The van der Waals surface area contributed by atoms with Gasteiger partial charge in [-0.15, -0.1) is 11.3 Å². The van der Waals surface area contributed by atoms with Crippen molar-refractivity contribution in [1.82, 2.24) is 9.97 Å². The van der Waals surface area contributed by atoms with E-state index in [4.69, 9.17) is 18.8 Å². The zero-order valence-electron chi connectivity index (χ0n) is 23.5. The van der Waals surface area contributed by atoms with Gasteiger partial charge in [-0.25, -0.2) is 9.97 Å². The monoisotopic (exact) mass is 554 g/mol. The van der Waals surface area contributed by atoms with Crippen LogP contribution in [0.4, 0.5) is 0 Å². The van der Waals surface area contributed by atoms with Gasteiger partial charge in [0.15, 0.2) is 11.2 Å². The topological polar surface area (TPSA) is 52.1 Å². The van der Waals surface area contributed by atoms with Gasteiger partial charge in [0.1, 0.15) is 11.0 Å². The molecule has 0 radical (unpaired) electrons. The molecule has 4 aromatic carbocycles. The van der Waals surface area contributed by atoms with Crippen molar-refractivity contribution in [3.05, 3.63) is 130 Å². The molecular formula is C36H30N2O2S. The van der Waals surface area contributed by atoms with Crippen LogP contribution < -0.4 is 0 Å². The van der Waals surface area contributed by atoms with Crippen LogP contribution in [0.1, 0.15) is 59.1 Å². The third-order valence-corrected chi connectivity index (χ3v) is 9.23. The first-order chi connectivity index (χ1) is 20.0. The molecule has 202 valence electrons. The molecule has 0 amide bonds. The normalized spacial score (nSPS) is 13.2. The summed E-state index contributed by atoms with van der Waals surface area (Å²) in [7, 11) is 0. The molecule has 0 fully saturated rings. The molecule has 7 rings (SSSR count). The summed E-state index contributed by atoms with van der Waals surface area (Å²) in [5, 5.41) is 0. The van der Waals surface area contributed by atoms with E-state index in [2.05, 4.69) is 100 Å². The number of hydrogen-bond acceptors (Lipinski definition) is 5. The first-order valence-corrected chi connectivity index (χ1v) is 14.8.